The summed E-state index contributed by atoms with van der Waals surface area (Å²) in [5, 5.41) is 11.1. The lowest BCUT2D eigenvalue weighted by molar-refractivity contribution is -0.123. The van der Waals surface area contributed by atoms with Gasteiger partial charge in [0.25, 0.3) is 0 Å². The Bertz CT molecular complexity index is 363. The lowest BCUT2D eigenvalue weighted by Gasteiger charge is -2.13. The van der Waals surface area contributed by atoms with Gasteiger partial charge in [-0.15, -0.1) is 0 Å². The molecule has 94 valence electrons. The Balaban J connectivity index is 2.44. The summed E-state index contributed by atoms with van der Waals surface area (Å²) in [6.45, 7) is 4.52. The third-order valence-corrected chi connectivity index (χ3v) is 2.37. The maximum Gasteiger partial charge on any atom is 0.245 e. The highest BCUT2D eigenvalue weighted by Gasteiger charge is 2.06. The molecule has 4 heteroatoms. The van der Waals surface area contributed by atoms with E-state index in [4.69, 9.17) is 9.84 Å². The summed E-state index contributed by atoms with van der Waals surface area (Å²) < 4.78 is 5.60. The quantitative estimate of drug-likeness (QED) is 0.733. The number of aliphatic hydroxyl groups is 1. The minimum Gasteiger partial charge on any atom is -0.491 e. The zero-order chi connectivity index (χ0) is 12.7. The summed E-state index contributed by atoms with van der Waals surface area (Å²) >= 11 is 0. The molecule has 0 saturated heterocycles. The molecule has 0 aliphatic carbocycles. The van der Waals surface area contributed by atoms with Gasteiger partial charge in [-0.05, 0) is 17.5 Å². The molecule has 0 aliphatic heterocycles. The van der Waals surface area contributed by atoms with Crippen LogP contribution in [0.2, 0.25) is 0 Å². The second-order valence-corrected chi connectivity index (χ2v) is 4.05. The molecule has 1 aromatic carbocycles. The van der Waals surface area contributed by atoms with Gasteiger partial charge in [-0.2, -0.15) is 0 Å². The number of carbonyl (C=O) groups is 1. The molecular weight excluding hydrogens is 218 g/mol. The molecule has 0 unspecified atom stereocenters. The molecule has 1 aromatic rings. The highest BCUT2D eigenvalue weighted by molar-refractivity contribution is 5.76. The SMILES string of the molecule is CC(C)c1ccccc1OCCNC(=O)CO. The zero-order valence-corrected chi connectivity index (χ0v) is 10.3. The normalized spacial score (nSPS) is 10.4. The fourth-order valence-electron chi connectivity index (χ4n) is 1.50. The number of para-hydroxylation sites is 1. The molecule has 4 nitrogen and oxygen atoms in total. The molecule has 0 radical (unpaired) electrons. The number of amides is 1. The molecule has 0 heterocycles. The van der Waals surface area contributed by atoms with Crippen molar-refractivity contribution in [3.8, 4) is 5.75 Å². The molecule has 0 fully saturated rings. The van der Waals surface area contributed by atoms with Crippen LogP contribution in [0.15, 0.2) is 24.3 Å². The van der Waals surface area contributed by atoms with E-state index in [2.05, 4.69) is 19.2 Å². The van der Waals surface area contributed by atoms with Crippen molar-refractivity contribution in [3.05, 3.63) is 29.8 Å². The summed E-state index contributed by atoms with van der Waals surface area (Å²) in [6, 6.07) is 7.86. The predicted octanol–water partition coefficient (Wildman–Crippen LogP) is 1.30. The largest absolute Gasteiger partial charge is 0.491 e. The molecule has 1 rings (SSSR count). The van der Waals surface area contributed by atoms with Crippen LogP contribution in [0.3, 0.4) is 0 Å². The summed E-state index contributed by atoms with van der Waals surface area (Å²) in [6.07, 6.45) is 0. The Morgan fingerprint density at radius 1 is 1.41 bits per heavy atom. The third kappa shape index (κ3) is 4.44. The fraction of sp³-hybridized carbons (Fsp3) is 0.462. The van der Waals surface area contributed by atoms with E-state index in [0.29, 0.717) is 19.1 Å². The Morgan fingerprint density at radius 3 is 2.76 bits per heavy atom. The van der Waals surface area contributed by atoms with E-state index >= 15 is 0 Å². The molecule has 0 spiro atoms. The molecule has 2 N–H and O–H groups in total. The van der Waals surface area contributed by atoms with Crippen LogP contribution in [0.5, 0.6) is 5.75 Å². The van der Waals surface area contributed by atoms with E-state index in [1.807, 2.05) is 24.3 Å². The molecule has 0 bridgehead atoms. The summed E-state index contributed by atoms with van der Waals surface area (Å²) in [7, 11) is 0. The minimum absolute atomic E-state index is 0.384. The van der Waals surface area contributed by atoms with Gasteiger partial charge in [0.1, 0.15) is 19.0 Å². The van der Waals surface area contributed by atoms with Crippen LogP contribution in [0, 0.1) is 0 Å². The number of carbonyl (C=O) groups excluding carboxylic acids is 1. The van der Waals surface area contributed by atoms with E-state index < -0.39 is 6.61 Å². The number of hydrogen-bond acceptors (Lipinski definition) is 3. The first kappa shape index (κ1) is 13.5. The van der Waals surface area contributed by atoms with E-state index in [1.54, 1.807) is 0 Å². The van der Waals surface area contributed by atoms with Gasteiger partial charge in [-0.25, -0.2) is 0 Å². The van der Waals surface area contributed by atoms with Crippen molar-refractivity contribution in [3.63, 3.8) is 0 Å². The molecule has 0 atom stereocenters. The molecule has 0 aromatic heterocycles. The van der Waals surface area contributed by atoms with Crippen LogP contribution >= 0.6 is 0 Å². The number of rotatable bonds is 6. The first-order valence-corrected chi connectivity index (χ1v) is 5.74. The monoisotopic (exact) mass is 237 g/mol. The maximum absolute atomic E-state index is 10.8. The van der Waals surface area contributed by atoms with Crippen molar-refractivity contribution in [1.82, 2.24) is 5.32 Å². The summed E-state index contributed by atoms with van der Waals surface area (Å²) in [5.74, 6) is 0.865. The zero-order valence-electron chi connectivity index (χ0n) is 10.3. The number of hydrogen-bond donors (Lipinski definition) is 2. The molecule has 17 heavy (non-hydrogen) atoms. The summed E-state index contributed by atoms with van der Waals surface area (Å²) in [5.41, 5.74) is 1.15. The van der Waals surface area contributed by atoms with Gasteiger partial charge in [0.15, 0.2) is 0 Å². The van der Waals surface area contributed by atoms with Crippen LogP contribution in [0.4, 0.5) is 0 Å². The van der Waals surface area contributed by atoms with Crippen molar-refractivity contribution >= 4 is 5.91 Å². The lowest BCUT2D eigenvalue weighted by atomic mass is 10.0. The summed E-state index contributed by atoms with van der Waals surface area (Å²) in [4.78, 5) is 10.8. The van der Waals surface area contributed by atoms with Crippen molar-refractivity contribution in [2.45, 2.75) is 19.8 Å². The first-order valence-electron chi connectivity index (χ1n) is 5.74. The average Bonchev–Trinajstić information content (AvgIpc) is 2.34. The van der Waals surface area contributed by atoms with Crippen LogP contribution in [-0.2, 0) is 4.79 Å². The van der Waals surface area contributed by atoms with Gasteiger partial charge >= 0.3 is 0 Å². The fourth-order valence-corrected chi connectivity index (χ4v) is 1.50. The van der Waals surface area contributed by atoms with Crippen LogP contribution in [0.1, 0.15) is 25.3 Å². The number of aliphatic hydroxyl groups excluding tert-OH is 1. The topological polar surface area (TPSA) is 58.6 Å². The molecule has 0 aliphatic rings. The molecular formula is C13H19NO3. The number of nitrogens with one attached hydrogen (secondary N) is 1. The second kappa shape index (κ2) is 6.91. The van der Waals surface area contributed by atoms with Crippen molar-refractivity contribution < 1.29 is 14.6 Å². The molecule has 0 saturated carbocycles. The van der Waals surface area contributed by atoms with Crippen molar-refractivity contribution in [2.75, 3.05) is 19.8 Å². The smallest absolute Gasteiger partial charge is 0.245 e. The Labute approximate surface area is 102 Å². The van der Waals surface area contributed by atoms with E-state index in [9.17, 15) is 4.79 Å². The van der Waals surface area contributed by atoms with Gasteiger partial charge in [-0.1, -0.05) is 32.0 Å². The Hall–Kier alpha value is -1.55. The van der Waals surface area contributed by atoms with Gasteiger partial charge in [0, 0.05) is 0 Å². The number of benzene rings is 1. The van der Waals surface area contributed by atoms with Gasteiger partial charge in [0.2, 0.25) is 5.91 Å². The maximum atomic E-state index is 10.8. The van der Waals surface area contributed by atoms with E-state index in [-0.39, 0.29) is 5.91 Å². The van der Waals surface area contributed by atoms with E-state index in [1.165, 1.54) is 0 Å². The van der Waals surface area contributed by atoms with Gasteiger partial charge in [-0.3, -0.25) is 4.79 Å². The van der Waals surface area contributed by atoms with E-state index in [0.717, 1.165) is 11.3 Å². The highest BCUT2D eigenvalue weighted by Crippen LogP contribution is 2.25. The van der Waals surface area contributed by atoms with Gasteiger partial charge < -0.3 is 15.2 Å². The number of ether oxygens (including phenoxy) is 1. The van der Waals surface area contributed by atoms with Gasteiger partial charge in [0.05, 0.1) is 6.54 Å². The van der Waals surface area contributed by atoms with Crippen LogP contribution < -0.4 is 10.1 Å². The van der Waals surface area contributed by atoms with Crippen molar-refractivity contribution in [2.24, 2.45) is 0 Å². The Kier molecular flexibility index (Phi) is 5.49. The average molecular weight is 237 g/mol. The standard InChI is InChI=1S/C13H19NO3/c1-10(2)11-5-3-4-6-12(11)17-8-7-14-13(16)9-15/h3-6,10,15H,7-9H2,1-2H3,(H,14,16). The third-order valence-electron chi connectivity index (χ3n) is 2.37. The molecule has 1 amide bonds. The van der Waals surface area contributed by atoms with Crippen molar-refractivity contribution in [1.29, 1.82) is 0 Å². The Morgan fingerprint density at radius 2 is 2.12 bits per heavy atom. The van der Waals surface area contributed by atoms with Crippen LogP contribution in [0.25, 0.3) is 0 Å². The predicted molar refractivity (Wildman–Crippen MR) is 66.1 cm³/mol. The first-order chi connectivity index (χ1) is 8.15. The minimum atomic E-state index is -0.484. The van der Waals surface area contributed by atoms with Crippen LogP contribution in [-0.4, -0.2) is 30.8 Å². The second-order valence-electron chi connectivity index (χ2n) is 4.05. The lowest BCUT2D eigenvalue weighted by Crippen LogP contribution is -2.30. The highest BCUT2D eigenvalue weighted by atomic mass is 16.5.